The van der Waals surface area contributed by atoms with Crippen molar-refractivity contribution in [3.05, 3.63) is 57.4 Å². The zero-order valence-corrected chi connectivity index (χ0v) is 14.9. The molecule has 1 N–H and O–H groups in total. The number of aryl methyl sites for hydroxylation is 1. The van der Waals surface area contributed by atoms with Crippen molar-refractivity contribution in [2.75, 3.05) is 11.9 Å². The van der Waals surface area contributed by atoms with Crippen molar-refractivity contribution in [1.82, 2.24) is 5.16 Å². The molecule has 0 saturated heterocycles. The molecular formula is C19H16N2O4S. The van der Waals surface area contributed by atoms with Crippen molar-refractivity contribution in [2.45, 2.75) is 19.8 Å². The van der Waals surface area contributed by atoms with Crippen molar-refractivity contribution >= 4 is 28.9 Å². The largest absolute Gasteiger partial charge is 0.462 e. The first-order valence-electron chi connectivity index (χ1n) is 8.31. The molecule has 0 aliphatic heterocycles. The van der Waals surface area contributed by atoms with Gasteiger partial charge in [0.1, 0.15) is 0 Å². The van der Waals surface area contributed by atoms with Crippen LogP contribution in [0.3, 0.4) is 0 Å². The van der Waals surface area contributed by atoms with E-state index in [1.165, 1.54) is 4.88 Å². The molecule has 0 bridgehead atoms. The molecule has 2 aromatic heterocycles. The van der Waals surface area contributed by atoms with E-state index in [2.05, 4.69) is 10.5 Å². The van der Waals surface area contributed by atoms with Gasteiger partial charge in [0.15, 0.2) is 11.5 Å². The predicted molar refractivity (Wildman–Crippen MR) is 97.6 cm³/mol. The normalized spacial score (nSPS) is 12.2. The van der Waals surface area contributed by atoms with E-state index in [9.17, 15) is 9.59 Å². The van der Waals surface area contributed by atoms with Crippen LogP contribution in [0.1, 0.15) is 38.2 Å². The lowest BCUT2D eigenvalue weighted by Crippen LogP contribution is -2.16. The topological polar surface area (TPSA) is 81.4 Å². The van der Waals surface area contributed by atoms with E-state index < -0.39 is 5.97 Å². The molecule has 0 fully saturated rings. The molecule has 1 aliphatic carbocycles. The van der Waals surface area contributed by atoms with Gasteiger partial charge in [-0.15, -0.1) is 11.3 Å². The number of benzene rings is 1. The third kappa shape index (κ3) is 2.90. The number of anilines is 1. The number of thiophene rings is 1. The molecule has 0 spiro atoms. The maximum atomic E-state index is 12.7. The minimum atomic E-state index is -0.424. The summed E-state index contributed by atoms with van der Waals surface area (Å²) < 4.78 is 10.4. The van der Waals surface area contributed by atoms with E-state index in [1.807, 2.05) is 11.4 Å². The number of aromatic nitrogens is 1. The number of hydrogen-bond acceptors (Lipinski definition) is 6. The summed E-state index contributed by atoms with van der Waals surface area (Å²) in [6, 6.07) is 8.62. The van der Waals surface area contributed by atoms with Crippen LogP contribution in [0, 0.1) is 0 Å². The Morgan fingerprint density at radius 1 is 1.31 bits per heavy atom. The van der Waals surface area contributed by atoms with Gasteiger partial charge in [-0.2, -0.15) is 0 Å². The molecule has 1 aliphatic rings. The first-order valence-corrected chi connectivity index (χ1v) is 9.19. The highest BCUT2D eigenvalue weighted by Gasteiger charge is 2.28. The van der Waals surface area contributed by atoms with Crippen LogP contribution in [0.4, 0.5) is 5.69 Å². The van der Waals surface area contributed by atoms with Crippen LogP contribution >= 0.6 is 11.3 Å². The molecule has 7 heteroatoms. The Morgan fingerprint density at radius 2 is 2.19 bits per heavy atom. The molecule has 2 heterocycles. The fraction of sp³-hybridized carbons (Fsp3) is 0.211. The SMILES string of the molecule is CCOC(=O)c1cccc(NC(=O)c2noc3c2CCc2sccc2-3)c1. The number of amides is 1. The van der Waals surface area contributed by atoms with Crippen molar-refractivity contribution in [3.8, 4) is 11.3 Å². The summed E-state index contributed by atoms with van der Waals surface area (Å²) in [6.45, 7) is 2.04. The predicted octanol–water partition coefficient (Wildman–Crippen LogP) is 3.93. The number of carbonyl (C=O) groups excluding carboxylic acids is 2. The Morgan fingerprint density at radius 3 is 3.04 bits per heavy atom. The Kier molecular flexibility index (Phi) is 4.30. The van der Waals surface area contributed by atoms with E-state index in [0.717, 1.165) is 24.0 Å². The van der Waals surface area contributed by atoms with Crippen LogP contribution in [-0.4, -0.2) is 23.6 Å². The molecule has 1 amide bonds. The summed E-state index contributed by atoms with van der Waals surface area (Å²) in [5.74, 6) is -0.0972. The van der Waals surface area contributed by atoms with Gasteiger partial charge in [-0.3, -0.25) is 4.79 Å². The lowest BCUT2D eigenvalue weighted by atomic mass is 9.95. The summed E-state index contributed by atoms with van der Waals surface area (Å²) in [4.78, 5) is 25.7. The molecule has 0 radical (unpaired) electrons. The smallest absolute Gasteiger partial charge is 0.338 e. The van der Waals surface area contributed by atoms with E-state index in [4.69, 9.17) is 9.26 Å². The molecular weight excluding hydrogens is 352 g/mol. The van der Waals surface area contributed by atoms with Crippen molar-refractivity contribution in [1.29, 1.82) is 0 Å². The Hall–Kier alpha value is -2.93. The Balaban J connectivity index is 1.57. The minimum absolute atomic E-state index is 0.290. The van der Waals surface area contributed by atoms with Crippen LogP contribution in [0.5, 0.6) is 0 Å². The third-order valence-corrected chi connectivity index (χ3v) is 5.21. The number of fused-ring (bicyclic) bond motifs is 3. The van der Waals surface area contributed by atoms with E-state index in [1.54, 1.807) is 42.5 Å². The molecule has 132 valence electrons. The first-order chi connectivity index (χ1) is 12.7. The van der Waals surface area contributed by atoms with Gasteiger partial charge in [-0.05, 0) is 49.4 Å². The van der Waals surface area contributed by atoms with Gasteiger partial charge in [0.25, 0.3) is 5.91 Å². The Bertz CT molecular complexity index is 989. The average Bonchev–Trinajstić information content (AvgIpc) is 3.28. The summed E-state index contributed by atoms with van der Waals surface area (Å²) in [6.07, 6.45) is 1.60. The molecule has 0 saturated carbocycles. The molecule has 0 atom stereocenters. The highest BCUT2D eigenvalue weighted by atomic mass is 32.1. The second-order valence-electron chi connectivity index (χ2n) is 5.85. The van der Waals surface area contributed by atoms with Crippen LogP contribution in [0.15, 0.2) is 40.2 Å². The molecule has 0 unspecified atom stereocenters. The number of nitrogens with one attached hydrogen (secondary N) is 1. The first kappa shape index (κ1) is 16.5. The van der Waals surface area contributed by atoms with E-state index in [-0.39, 0.29) is 5.91 Å². The fourth-order valence-electron chi connectivity index (χ4n) is 3.03. The Labute approximate surface area is 153 Å². The quantitative estimate of drug-likeness (QED) is 0.706. The maximum absolute atomic E-state index is 12.7. The molecule has 3 aromatic rings. The van der Waals surface area contributed by atoms with Crippen molar-refractivity contribution in [2.24, 2.45) is 0 Å². The van der Waals surface area contributed by atoms with Crippen molar-refractivity contribution < 1.29 is 18.8 Å². The van der Waals surface area contributed by atoms with Gasteiger partial charge in [-0.25, -0.2) is 4.79 Å². The number of nitrogens with zero attached hydrogens (tertiary/aromatic N) is 1. The number of carbonyl (C=O) groups is 2. The third-order valence-electron chi connectivity index (χ3n) is 4.23. The van der Waals surface area contributed by atoms with Gasteiger partial charge >= 0.3 is 5.97 Å². The highest BCUT2D eigenvalue weighted by Crippen LogP contribution is 2.38. The summed E-state index contributed by atoms with van der Waals surface area (Å²) in [5.41, 5.74) is 3.03. The summed E-state index contributed by atoms with van der Waals surface area (Å²) in [5, 5.41) is 8.79. The molecule has 4 rings (SSSR count). The fourth-order valence-corrected chi connectivity index (χ4v) is 3.91. The maximum Gasteiger partial charge on any atom is 0.338 e. The molecule has 1 aromatic carbocycles. The van der Waals surface area contributed by atoms with Crippen LogP contribution < -0.4 is 5.32 Å². The lowest BCUT2D eigenvalue weighted by molar-refractivity contribution is 0.0526. The van der Waals surface area contributed by atoms with Gasteiger partial charge in [0.2, 0.25) is 0 Å². The number of rotatable bonds is 4. The number of ether oxygens (including phenoxy) is 1. The average molecular weight is 368 g/mol. The monoisotopic (exact) mass is 368 g/mol. The van der Waals surface area contributed by atoms with Crippen molar-refractivity contribution in [3.63, 3.8) is 0 Å². The standard InChI is InChI=1S/C19H16N2O4S/c1-2-24-19(23)11-4-3-5-12(10-11)20-18(22)16-14-6-7-15-13(8-9-26-15)17(14)25-21-16/h3-5,8-10H,2,6-7H2,1H3,(H,20,22). The van der Waals surface area contributed by atoms with E-state index in [0.29, 0.717) is 29.3 Å². The molecule has 6 nitrogen and oxygen atoms in total. The zero-order valence-electron chi connectivity index (χ0n) is 14.1. The van der Waals surface area contributed by atoms with Gasteiger partial charge in [0, 0.05) is 21.7 Å². The minimum Gasteiger partial charge on any atom is -0.462 e. The van der Waals surface area contributed by atoms with Gasteiger partial charge in [-0.1, -0.05) is 11.2 Å². The number of esters is 1. The molecule has 26 heavy (non-hydrogen) atoms. The summed E-state index contributed by atoms with van der Waals surface area (Å²) in [7, 11) is 0. The number of hydrogen-bond donors (Lipinski definition) is 1. The van der Waals surface area contributed by atoms with E-state index >= 15 is 0 Å². The zero-order chi connectivity index (χ0) is 18.1. The summed E-state index contributed by atoms with van der Waals surface area (Å²) >= 11 is 1.69. The van der Waals surface area contributed by atoms with Gasteiger partial charge < -0.3 is 14.6 Å². The van der Waals surface area contributed by atoms with Gasteiger partial charge in [0.05, 0.1) is 12.2 Å². The van der Waals surface area contributed by atoms with Crippen LogP contribution in [-0.2, 0) is 17.6 Å². The van der Waals surface area contributed by atoms with Crippen LogP contribution in [0.25, 0.3) is 11.3 Å². The highest BCUT2D eigenvalue weighted by molar-refractivity contribution is 7.10. The second-order valence-corrected chi connectivity index (χ2v) is 6.85. The second kappa shape index (κ2) is 6.76. The van der Waals surface area contributed by atoms with Crippen LogP contribution in [0.2, 0.25) is 0 Å². The lowest BCUT2D eigenvalue weighted by Gasteiger charge is -2.11.